The molecule has 12 heteroatoms. The summed E-state index contributed by atoms with van der Waals surface area (Å²) in [6.07, 6.45) is 2.77. The molecule has 7 atom stereocenters. The van der Waals surface area contributed by atoms with Crippen molar-refractivity contribution in [3.63, 3.8) is 0 Å². The smallest absolute Gasteiger partial charge is 0.387 e. The number of phosphoric ester groups is 1. The van der Waals surface area contributed by atoms with Crippen molar-refractivity contribution in [2.24, 2.45) is 0 Å². The minimum absolute atomic E-state index is 0.181. The molecule has 0 aliphatic heterocycles. The van der Waals surface area contributed by atoms with Gasteiger partial charge >= 0.3 is 13.8 Å². The molecule has 0 spiro atoms. The van der Waals surface area contributed by atoms with Gasteiger partial charge in [0.1, 0.15) is 30.5 Å². The maximum absolute atomic E-state index is 12.1. The van der Waals surface area contributed by atoms with Crippen LogP contribution in [0.5, 0.6) is 0 Å². The number of rotatable bonds is 17. The summed E-state index contributed by atoms with van der Waals surface area (Å²) in [6.45, 7) is 2.20. The quantitative estimate of drug-likeness (QED) is 0.0847. The number of hydrogen-bond donors (Lipinski definition) is 7. The summed E-state index contributed by atoms with van der Waals surface area (Å²) in [7, 11) is -5.34. The van der Waals surface area contributed by atoms with Gasteiger partial charge in [0.05, 0.1) is 0 Å². The number of aliphatic hydroxyl groups is 6. The van der Waals surface area contributed by atoms with Crippen LogP contribution < -0.4 is 0 Å². The molecular weight excluding hydrogens is 471 g/mol. The fourth-order valence-electron chi connectivity index (χ4n) is 4.01. The molecule has 1 fully saturated rings. The Hall–Kier alpha value is -0.620. The van der Waals surface area contributed by atoms with E-state index in [-0.39, 0.29) is 6.42 Å². The van der Waals surface area contributed by atoms with Crippen LogP contribution in [-0.4, -0.2) is 77.8 Å². The van der Waals surface area contributed by atoms with Crippen molar-refractivity contribution in [1.82, 2.24) is 0 Å². The third-order valence-corrected chi connectivity index (χ3v) is 7.12. The van der Waals surface area contributed by atoms with E-state index >= 15 is 0 Å². The van der Waals surface area contributed by atoms with Crippen LogP contribution in [0.25, 0.3) is 0 Å². The number of phosphoric acid groups is 1. The third-order valence-electron chi connectivity index (χ3n) is 6.16. The molecule has 1 aliphatic carbocycles. The van der Waals surface area contributed by atoms with E-state index in [0.29, 0.717) is 6.42 Å². The van der Waals surface area contributed by atoms with E-state index < -0.39 is 50.1 Å². The Kier molecular flexibility index (Phi) is 14.3. The molecule has 34 heavy (non-hydrogen) atoms. The molecule has 0 bridgehead atoms. The summed E-state index contributed by atoms with van der Waals surface area (Å²) in [5.74, 6) is -4.45. The van der Waals surface area contributed by atoms with Gasteiger partial charge in [0.25, 0.3) is 0 Å². The van der Waals surface area contributed by atoms with Gasteiger partial charge in [-0.2, -0.15) is 0 Å². The third kappa shape index (κ3) is 10.2. The molecule has 202 valence electrons. The van der Waals surface area contributed by atoms with Gasteiger partial charge in [-0.15, -0.1) is 0 Å². The molecule has 0 aromatic carbocycles. The van der Waals surface area contributed by atoms with Crippen molar-refractivity contribution in [3.05, 3.63) is 0 Å². The second-order valence-electron chi connectivity index (χ2n) is 9.13. The minimum atomic E-state index is -5.34. The molecule has 1 unspecified atom stereocenters. The monoisotopic (exact) mass is 514 g/mol. The zero-order valence-electron chi connectivity index (χ0n) is 20.0. The maximum atomic E-state index is 12.1. The van der Waals surface area contributed by atoms with Crippen LogP contribution in [0.1, 0.15) is 96.8 Å². The first-order chi connectivity index (χ1) is 16.0. The molecule has 0 aromatic heterocycles. The summed E-state index contributed by atoms with van der Waals surface area (Å²) in [6, 6.07) is 0. The van der Waals surface area contributed by atoms with Crippen LogP contribution in [0.3, 0.4) is 0 Å². The zero-order valence-corrected chi connectivity index (χ0v) is 20.9. The minimum Gasteiger partial charge on any atom is -0.387 e. The van der Waals surface area contributed by atoms with Crippen LogP contribution in [-0.2, 0) is 18.4 Å². The van der Waals surface area contributed by atoms with Crippen molar-refractivity contribution < 1.29 is 53.9 Å². The Bertz CT molecular complexity index is 616. The first kappa shape index (κ1) is 31.4. The largest absolute Gasteiger partial charge is 0.532 e. The molecule has 11 nitrogen and oxygen atoms in total. The Labute approximate surface area is 201 Å². The topological polar surface area (TPSA) is 194 Å². The molecule has 0 heterocycles. The van der Waals surface area contributed by atoms with Crippen molar-refractivity contribution in [1.29, 1.82) is 0 Å². The van der Waals surface area contributed by atoms with E-state index in [1.165, 1.54) is 51.4 Å². The Morgan fingerprint density at radius 2 is 1.12 bits per heavy atom. The molecule has 0 radical (unpaired) electrons. The normalized spacial score (nSPS) is 31.2. The highest BCUT2D eigenvalue weighted by Crippen LogP contribution is 2.50. The number of hydrogen-bond acceptors (Lipinski definition) is 10. The predicted octanol–water partition coefficient (Wildman–Crippen LogP) is 1.63. The van der Waals surface area contributed by atoms with Crippen molar-refractivity contribution in [2.75, 3.05) is 0 Å². The number of carbonyl (C=O) groups excluding carboxylic acids is 1. The van der Waals surface area contributed by atoms with Gasteiger partial charge in [-0.3, -0.25) is 9.69 Å². The van der Waals surface area contributed by atoms with E-state index in [0.717, 1.165) is 25.7 Å². The number of aliphatic hydroxyl groups excluding tert-OH is 5. The van der Waals surface area contributed by atoms with E-state index in [1.54, 1.807) is 0 Å². The molecule has 1 rings (SSSR count). The summed E-state index contributed by atoms with van der Waals surface area (Å²) in [5.41, 5.74) is 0. The van der Waals surface area contributed by atoms with Crippen LogP contribution in [0.4, 0.5) is 0 Å². The zero-order chi connectivity index (χ0) is 25.8. The van der Waals surface area contributed by atoms with Crippen LogP contribution in [0.15, 0.2) is 0 Å². The first-order valence-corrected chi connectivity index (χ1v) is 13.8. The van der Waals surface area contributed by atoms with Gasteiger partial charge in [-0.1, -0.05) is 84.0 Å². The molecule has 1 saturated carbocycles. The fourth-order valence-corrected chi connectivity index (χ4v) is 4.98. The van der Waals surface area contributed by atoms with Crippen molar-refractivity contribution >= 4 is 13.8 Å². The summed E-state index contributed by atoms with van der Waals surface area (Å²) in [4.78, 5) is 21.6. The lowest BCUT2D eigenvalue weighted by atomic mass is 9.82. The first-order valence-electron chi connectivity index (χ1n) is 12.3. The van der Waals surface area contributed by atoms with Gasteiger partial charge in [-0.25, -0.2) is 9.09 Å². The highest BCUT2D eigenvalue weighted by molar-refractivity contribution is 7.48. The summed E-state index contributed by atoms with van der Waals surface area (Å²) >= 11 is 0. The lowest BCUT2D eigenvalue weighted by molar-refractivity contribution is -0.336. The second kappa shape index (κ2) is 15.5. The molecule has 1 aliphatic rings. The van der Waals surface area contributed by atoms with E-state index in [9.17, 15) is 44.9 Å². The van der Waals surface area contributed by atoms with Gasteiger partial charge in [0.2, 0.25) is 5.79 Å². The van der Waals surface area contributed by atoms with Crippen molar-refractivity contribution in [3.8, 4) is 0 Å². The average molecular weight is 515 g/mol. The summed E-state index contributed by atoms with van der Waals surface area (Å²) in [5, 5.41) is 58.8. The molecular formula is C22H43O11P. The van der Waals surface area contributed by atoms with Crippen LogP contribution >= 0.6 is 7.82 Å². The second-order valence-corrected chi connectivity index (χ2v) is 10.4. The predicted molar refractivity (Wildman–Crippen MR) is 122 cm³/mol. The molecule has 0 saturated heterocycles. The molecule has 0 aromatic rings. The van der Waals surface area contributed by atoms with Crippen LogP contribution in [0, 0.1) is 0 Å². The number of carbonyl (C=O) groups is 1. The van der Waals surface area contributed by atoms with Gasteiger partial charge in [0.15, 0.2) is 0 Å². The standard InChI is InChI=1S/C22H43O11P/c1-2-3-4-5-6-7-8-9-10-11-12-13-14-15-16(23)32-34(30,31)33-22(29)20(27)18(25)17(24)19(26)21(22)28/h17-21,24-29H,2-15H2,1H3,(H,30,31)/t17-,18-,19+,20-,21-,22-/m1/s1. The average Bonchev–Trinajstić information content (AvgIpc) is 2.77. The van der Waals surface area contributed by atoms with Crippen molar-refractivity contribution in [2.45, 2.75) is 133 Å². The lowest BCUT2D eigenvalue weighted by Crippen LogP contribution is -2.71. The Morgan fingerprint density at radius 1 is 0.735 bits per heavy atom. The van der Waals surface area contributed by atoms with E-state index in [1.807, 2.05) is 0 Å². The highest BCUT2D eigenvalue weighted by Gasteiger charge is 2.61. The summed E-state index contributed by atoms with van der Waals surface area (Å²) < 4.78 is 20.8. The van der Waals surface area contributed by atoms with E-state index in [2.05, 4.69) is 16.0 Å². The van der Waals surface area contributed by atoms with Gasteiger partial charge < -0.3 is 35.2 Å². The molecule has 0 amide bonds. The van der Waals surface area contributed by atoms with Gasteiger partial charge in [-0.05, 0) is 6.42 Å². The lowest BCUT2D eigenvalue weighted by Gasteiger charge is -2.46. The van der Waals surface area contributed by atoms with Gasteiger partial charge in [0, 0.05) is 6.42 Å². The van der Waals surface area contributed by atoms with Crippen LogP contribution in [0.2, 0.25) is 0 Å². The fraction of sp³-hybridized carbons (Fsp3) is 0.955. The van der Waals surface area contributed by atoms with E-state index in [4.69, 9.17) is 0 Å². The SMILES string of the molecule is CCCCCCCCCCCCCCCC(=O)OP(=O)(O)O[C@]1(O)[C@H](O)[C@H](O)[C@@H](O)[C@H](O)[C@H]1O. The number of unbranched alkanes of at least 4 members (excludes halogenated alkanes) is 12. The Balaban J connectivity index is 2.24. The molecule has 7 N–H and O–H groups in total. The Morgan fingerprint density at radius 3 is 1.53 bits per heavy atom. The highest BCUT2D eigenvalue weighted by atomic mass is 31.2. The maximum Gasteiger partial charge on any atom is 0.532 e.